The fourth-order valence-corrected chi connectivity index (χ4v) is 2.76. The Kier molecular flexibility index (Phi) is 3.75. The second kappa shape index (κ2) is 5.60. The van der Waals surface area contributed by atoms with Crippen molar-refractivity contribution in [2.45, 2.75) is 0 Å². The lowest BCUT2D eigenvalue weighted by Crippen LogP contribution is -2.99. The normalized spacial score (nSPS) is 15.6. The van der Waals surface area contributed by atoms with Gasteiger partial charge in [0.05, 0.1) is 11.1 Å². The predicted octanol–water partition coefficient (Wildman–Crippen LogP) is 1.82. The number of nitrogens with one attached hydrogen (secondary N) is 1. The third kappa shape index (κ3) is 2.43. The molecule has 0 bridgehead atoms. The fraction of sp³-hybridized carbons (Fsp3) is 0. The Morgan fingerprint density at radius 3 is 2.26 bits per heavy atom. The summed E-state index contributed by atoms with van der Waals surface area (Å²) in [6.07, 6.45) is 0. The van der Waals surface area contributed by atoms with Gasteiger partial charge in [-0.2, -0.15) is 5.23 Å². The molecule has 0 amide bonds. The Morgan fingerprint density at radius 2 is 1.65 bits per heavy atom. The van der Waals surface area contributed by atoms with Crippen LogP contribution in [-0.4, -0.2) is 21.9 Å². The topological polar surface area (TPSA) is 102 Å². The average Bonchev–Trinajstić information content (AvgIpc) is 2.53. The minimum atomic E-state index is -1.11. The lowest BCUT2D eigenvalue weighted by Gasteiger charge is -2.19. The number of allylic oxidation sites excluding steroid dienone is 2. The Bertz CT molecular complexity index is 855. The third-order valence-electron chi connectivity index (χ3n) is 3.58. The maximum absolute atomic E-state index is 12.6. The molecular weight excluding hydrogens is 322 g/mol. The molecule has 0 saturated carbocycles. The maximum Gasteiger partial charge on any atom is 0.206 e. The smallest absolute Gasteiger partial charge is 0.206 e. The molecule has 1 aliphatic rings. The van der Waals surface area contributed by atoms with E-state index in [0.29, 0.717) is 5.56 Å². The molecule has 0 saturated heterocycles. The van der Waals surface area contributed by atoms with Crippen molar-refractivity contribution in [2.24, 2.45) is 0 Å². The van der Waals surface area contributed by atoms with Crippen molar-refractivity contribution in [1.29, 1.82) is 0 Å². The van der Waals surface area contributed by atoms with Crippen molar-refractivity contribution in [3.8, 4) is 5.75 Å². The first kappa shape index (κ1) is 15.4. The first-order chi connectivity index (χ1) is 10.9. The summed E-state index contributed by atoms with van der Waals surface area (Å²) in [5.41, 5.74) is 0.253. The molecule has 1 atom stereocenters. The van der Waals surface area contributed by atoms with E-state index in [1.165, 1.54) is 42.5 Å². The SMILES string of the molecule is O=C1C(Cl)=C(c2ccc([NH+]([O-])O)cc2)C(=O)c2c(O)cccc21. The number of hydrogen-bond acceptors (Lipinski definition) is 5. The number of carbonyl (C=O) groups is 2. The zero-order chi connectivity index (χ0) is 16.7. The number of ketones is 2. The van der Waals surface area contributed by atoms with Crippen molar-refractivity contribution in [2.75, 3.05) is 0 Å². The van der Waals surface area contributed by atoms with Gasteiger partial charge in [0, 0.05) is 17.7 Å². The van der Waals surface area contributed by atoms with Crippen molar-refractivity contribution >= 4 is 34.4 Å². The number of quaternary nitrogens is 1. The van der Waals surface area contributed by atoms with E-state index in [4.69, 9.17) is 16.8 Å². The van der Waals surface area contributed by atoms with Gasteiger partial charge in [-0.05, 0) is 29.8 Å². The highest BCUT2D eigenvalue weighted by molar-refractivity contribution is 6.57. The highest BCUT2D eigenvalue weighted by Crippen LogP contribution is 2.37. The van der Waals surface area contributed by atoms with Crippen LogP contribution in [0.5, 0.6) is 5.75 Å². The first-order valence-electron chi connectivity index (χ1n) is 6.56. The quantitative estimate of drug-likeness (QED) is 0.729. The number of fused-ring (bicyclic) bond motifs is 1. The molecule has 1 aliphatic carbocycles. The Labute approximate surface area is 135 Å². The van der Waals surface area contributed by atoms with Crippen molar-refractivity contribution in [3.63, 3.8) is 0 Å². The molecule has 23 heavy (non-hydrogen) atoms. The van der Waals surface area contributed by atoms with E-state index in [1.807, 2.05) is 0 Å². The molecular formula is C16H10ClNO5. The Hall–Kier alpha value is -2.51. The number of aromatic hydroxyl groups is 1. The summed E-state index contributed by atoms with van der Waals surface area (Å²) in [4.78, 5) is 25.0. The molecule has 3 N–H and O–H groups in total. The number of Topliss-reactive ketones (excluding diaryl/α,β-unsaturated/α-hetero) is 2. The van der Waals surface area contributed by atoms with Crippen molar-refractivity contribution in [1.82, 2.24) is 0 Å². The molecule has 2 aromatic rings. The van der Waals surface area contributed by atoms with E-state index in [9.17, 15) is 19.9 Å². The van der Waals surface area contributed by atoms with Crippen LogP contribution in [0.1, 0.15) is 26.3 Å². The summed E-state index contributed by atoms with van der Waals surface area (Å²) < 4.78 is 0. The van der Waals surface area contributed by atoms with Gasteiger partial charge in [0.25, 0.3) is 0 Å². The summed E-state index contributed by atoms with van der Waals surface area (Å²) >= 11 is 6.06. The number of benzene rings is 2. The van der Waals surface area contributed by atoms with Crippen LogP contribution in [0.25, 0.3) is 5.57 Å². The van der Waals surface area contributed by atoms with Crippen LogP contribution in [0.3, 0.4) is 0 Å². The lowest BCUT2D eigenvalue weighted by atomic mass is 9.85. The van der Waals surface area contributed by atoms with Crippen molar-refractivity contribution in [3.05, 3.63) is 69.4 Å². The molecule has 0 radical (unpaired) electrons. The molecule has 0 spiro atoms. The van der Waals surface area contributed by atoms with Gasteiger partial charge in [-0.25, -0.2) is 5.21 Å². The van der Waals surface area contributed by atoms with Gasteiger partial charge < -0.3 is 10.3 Å². The van der Waals surface area contributed by atoms with Gasteiger partial charge in [-0.1, -0.05) is 17.7 Å². The highest BCUT2D eigenvalue weighted by atomic mass is 35.5. The number of phenols is 1. The second-order valence-corrected chi connectivity index (χ2v) is 5.31. The van der Waals surface area contributed by atoms with E-state index in [0.717, 1.165) is 0 Å². The minimum absolute atomic E-state index is 0.0447. The third-order valence-corrected chi connectivity index (χ3v) is 3.94. The van der Waals surface area contributed by atoms with Crippen LogP contribution < -0.4 is 5.23 Å². The van der Waals surface area contributed by atoms with E-state index in [1.54, 1.807) is 0 Å². The second-order valence-electron chi connectivity index (χ2n) is 4.93. The van der Waals surface area contributed by atoms with Crippen LogP contribution in [0.15, 0.2) is 47.5 Å². The number of phenolic OH excluding ortho intramolecular Hbond substituents is 1. The van der Waals surface area contributed by atoms with E-state index in [2.05, 4.69) is 0 Å². The van der Waals surface area contributed by atoms with Crippen LogP contribution in [0.4, 0.5) is 5.69 Å². The molecule has 2 aromatic carbocycles. The average molecular weight is 332 g/mol. The molecule has 0 aromatic heterocycles. The van der Waals surface area contributed by atoms with Crippen LogP contribution in [0.2, 0.25) is 0 Å². The summed E-state index contributed by atoms with van der Waals surface area (Å²) in [5.74, 6) is -1.44. The van der Waals surface area contributed by atoms with Gasteiger partial charge in [-0.3, -0.25) is 9.59 Å². The summed E-state index contributed by atoms with van der Waals surface area (Å²) in [6.45, 7) is 0. The van der Waals surface area contributed by atoms with Gasteiger partial charge in [0.15, 0.2) is 11.5 Å². The maximum atomic E-state index is 12.6. The predicted molar refractivity (Wildman–Crippen MR) is 81.8 cm³/mol. The number of hydrogen-bond donors (Lipinski definition) is 3. The summed E-state index contributed by atoms with van der Waals surface area (Å²) in [7, 11) is 0. The first-order valence-corrected chi connectivity index (χ1v) is 6.94. The molecule has 3 rings (SSSR count). The summed E-state index contributed by atoms with van der Waals surface area (Å²) in [5, 5.41) is 28.3. The van der Waals surface area contributed by atoms with Gasteiger partial charge in [0.2, 0.25) is 5.78 Å². The molecule has 0 aliphatic heterocycles. The molecule has 0 fully saturated rings. The van der Waals surface area contributed by atoms with Crippen molar-refractivity contribution < 1.29 is 25.1 Å². The van der Waals surface area contributed by atoms with Crippen LogP contribution in [-0.2, 0) is 0 Å². The Balaban J connectivity index is 2.16. The number of rotatable bonds is 2. The van der Waals surface area contributed by atoms with E-state index < -0.39 is 16.8 Å². The summed E-state index contributed by atoms with van der Waals surface area (Å²) in [6, 6.07) is 9.61. The molecule has 1 unspecified atom stereocenters. The van der Waals surface area contributed by atoms with Gasteiger partial charge in [0.1, 0.15) is 10.8 Å². The molecule has 0 heterocycles. The molecule has 116 valence electrons. The zero-order valence-corrected chi connectivity index (χ0v) is 12.3. The van der Waals surface area contributed by atoms with Crippen LogP contribution in [0, 0.1) is 5.21 Å². The molecule has 7 heteroatoms. The highest BCUT2D eigenvalue weighted by Gasteiger charge is 2.34. The zero-order valence-electron chi connectivity index (χ0n) is 11.5. The molecule has 6 nitrogen and oxygen atoms in total. The number of halogens is 1. The lowest BCUT2D eigenvalue weighted by molar-refractivity contribution is -0.991. The monoisotopic (exact) mass is 331 g/mol. The van der Waals surface area contributed by atoms with Crippen LogP contribution >= 0.6 is 11.6 Å². The standard InChI is InChI=1S/C16H10ClNO5/c17-14-12(8-4-6-9(7-5-8)18(22)23)16(21)13-10(15(14)20)2-1-3-11(13)19/h1-7,18-19,22H. The van der Waals surface area contributed by atoms with Gasteiger partial charge in [-0.15, -0.1) is 0 Å². The van der Waals surface area contributed by atoms with Gasteiger partial charge >= 0.3 is 0 Å². The van der Waals surface area contributed by atoms with E-state index in [-0.39, 0.29) is 33.2 Å². The number of carbonyl (C=O) groups excluding carboxylic acids is 2. The Morgan fingerprint density at radius 1 is 1.00 bits per heavy atom. The largest absolute Gasteiger partial charge is 0.595 e. The fourth-order valence-electron chi connectivity index (χ4n) is 2.46. The van der Waals surface area contributed by atoms with E-state index >= 15 is 0 Å². The minimum Gasteiger partial charge on any atom is -0.595 e.